The molecule has 0 unspecified atom stereocenters. The predicted molar refractivity (Wildman–Crippen MR) is 167 cm³/mol. The molecule has 0 bridgehead atoms. The van der Waals surface area contributed by atoms with E-state index in [0.29, 0.717) is 0 Å². The summed E-state index contributed by atoms with van der Waals surface area (Å²) in [5.41, 5.74) is 5.86. The highest BCUT2D eigenvalue weighted by Crippen LogP contribution is 2.47. The van der Waals surface area contributed by atoms with Gasteiger partial charge in [0, 0.05) is 36.7 Å². The van der Waals surface area contributed by atoms with Crippen LogP contribution in [0.15, 0.2) is 121 Å². The number of aromatic nitrogens is 2. The van der Waals surface area contributed by atoms with Crippen LogP contribution in [0.1, 0.15) is 0 Å². The smallest absolute Gasteiger partial charge is 0.0973 e. The van der Waals surface area contributed by atoms with Crippen LogP contribution in [0, 0.1) is 0 Å². The van der Waals surface area contributed by atoms with Gasteiger partial charge in [0.2, 0.25) is 0 Å². The first-order valence-electron chi connectivity index (χ1n) is 13.2. The lowest BCUT2D eigenvalue weighted by Gasteiger charge is -2.14. The molecule has 180 valence electrons. The summed E-state index contributed by atoms with van der Waals surface area (Å²) in [5, 5.41) is 10.2. The third kappa shape index (κ3) is 2.96. The molecule has 9 rings (SSSR count). The van der Waals surface area contributed by atoms with Gasteiger partial charge in [-0.15, -0.1) is 11.3 Å². The summed E-state index contributed by atoms with van der Waals surface area (Å²) in [6.07, 6.45) is 0. The Morgan fingerprint density at radius 3 is 2.00 bits per heavy atom. The second kappa shape index (κ2) is 7.83. The van der Waals surface area contributed by atoms with Gasteiger partial charge in [-0.1, -0.05) is 97.1 Å². The summed E-state index contributed by atoms with van der Waals surface area (Å²) in [4.78, 5) is 10.6. The molecule has 2 nitrogen and oxygen atoms in total. The molecule has 0 spiro atoms. The van der Waals surface area contributed by atoms with Gasteiger partial charge in [0.1, 0.15) is 0 Å². The molecular weight excluding hydrogens is 492 g/mol. The lowest BCUT2D eigenvalue weighted by atomic mass is 9.92. The van der Waals surface area contributed by atoms with E-state index >= 15 is 0 Å². The molecule has 0 radical (unpaired) electrons. The Labute approximate surface area is 228 Å². The number of fused-ring (bicyclic) bond motifs is 6. The van der Waals surface area contributed by atoms with Crippen LogP contribution in [0.25, 0.3) is 86.0 Å². The number of rotatable bonds is 2. The minimum Gasteiger partial charge on any atom is -0.244 e. The summed E-state index contributed by atoms with van der Waals surface area (Å²) in [6.45, 7) is 0. The van der Waals surface area contributed by atoms with Gasteiger partial charge in [-0.25, -0.2) is 9.97 Å². The standard InChI is InChI=1S/C36H20N2S/c1-2-10-22(11-3-1)34-35(37-29-18-17-21-9-4-5-12-24(21)36(29)38-34)23-19-28-26-14-7-6-13-25(26)27-15-8-16-30-32(27)33(28)31(20-23)39-30/h1-20H. The molecule has 0 aliphatic rings. The van der Waals surface area contributed by atoms with Gasteiger partial charge in [0.05, 0.1) is 22.4 Å². The fourth-order valence-electron chi connectivity index (χ4n) is 6.26. The Kier molecular flexibility index (Phi) is 4.24. The molecule has 0 amide bonds. The van der Waals surface area contributed by atoms with Crippen molar-refractivity contribution in [3.63, 3.8) is 0 Å². The van der Waals surface area contributed by atoms with Crippen LogP contribution in [0.3, 0.4) is 0 Å². The first-order chi connectivity index (χ1) is 19.3. The van der Waals surface area contributed by atoms with Crippen molar-refractivity contribution in [2.75, 3.05) is 0 Å². The largest absolute Gasteiger partial charge is 0.244 e. The topological polar surface area (TPSA) is 25.8 Å². The normalized spacial score (nSPS) is 12.1. The van der Waals surface area contributed by atoms with Crippen molar-refractivity contribution in [3.05, 3.63) is 121 Å². The molecule has 0 N–H and O–H groups in total. The Bertz CT molecular complexity index is 2390. The monoisotopic (exact) mass is 512 g/mol. The average molecular weight is 513 g/mol. The van der Waals surface area contributed by atoms with Crippen molar-refractivity contribution in [2.24, 2.45) is 0 Å². The lowest BCUT2D eigenvalue weighted by Crippen LogP contribution is -1.96. The van der Waals surface area contributed by atoms with E-state index in [0.717, 1.165) is 38.9 Å². The molecule has 0 fully saturated rings. The molecule has 0 aliphatic carbocycles. The zero-order chi connectivity index (χ0) is 25.5. The van der Waals surface area contributed by atoms with E-state index in [2.05, 4.69) is 121 Å². The van der Waals surface area contributed by atoms with Gasteiger partial charge in [-0.3, -0.25) is 0 Å². The molecule has 0 saturated heterocycles. The number of hydrogen-bond donors (Lipinski definition) is 0. The van der Waals surface area contributed by atoms with Crippen molar-refractivity contribution in [2.45, 2.75) is 0 Å². The number of thiophene rings is 1. The van der Waals surface area contributed by atoms with E-state index in [4.69, 9.17) is 9.97 Å². The highest BCUT2D eigenvalue weighted by molar-refractivity contribution is 7.26. The van der Waals surface area contributed by atoms with Crippen LogP contribution in [0.4, 0.5) is 0 Å². The Morgan fingerprint density at radius 1 is 0.436 bits per heavy atom. The second-order valence-electron chi connectivity index (χ2n) is 10.2. The van der Waals surface area contributed by atoms with Gasteiger partial charge in [-0.05, 0) is 51.2 Å². The van der Waals surface area contributed by atoms with Crippen LogP contribution in [0.2, 0.25) is 0 Å². The number of nitrogens with zero attached hydrogens (tertiary/aromatic N) is 2. The van der Waals surface area contributed by atoms with E-state index in [9.17, 15) is 0 Å². The molecule has 0 atom stereocenters. The molecule has 0 aliphatic heterocycles. The van der Waals surface area contributed by atoms with Gasteiger partial charge in [0.25, 0.3) is 0 Å². The molecule has 39 heavy (non-hydrogen) atoms. The molecule has 0 saturated carbocycles. The zero-order valence-electron chi connectivity index (χ0n) is 20.8. The van der Waals surface area contributed by atoms with Gasteiger partial charge in [-0.2, -0.15) is 0 Å². The van der Waals surface area contributed by atoms with E-state index in [1.807, 2.05) is 11.3 Å². The third-order valence-corrected chi connectivity index (χ3v) is 9.09. The van der Waals surface area contributed by atoms with Crippen LogP contribution >= 0.6 is 11.3 Å². The number of benzene rings is 7. The Hall–Kier alpha value is -4.86. The summed E-state index contributed by atoms with van der Waals surface area (Å²) in [6, 6.07) is 43.3. The van der Waals surface area contributed by atoms with Crippen LogP contribution < -0.4 is 0 Å². The maximum absolute atomic E-state index is 5.33. The average Bonchev–Trinajstić information content (AvgIpc) is 3.39. The third-order valence-electron chi connectivity index (χ3n) is 7.99. The van der Waals surface area contributed by atoms with Gasteiger partial charge in [0.15, 0.2) is 0 Å². The van der Waals surface area contributed by atoms with Crippen molar-refractivity contribution in [1.29, 1.82) is 0 Å². The maximum Gasteiger partial charge on any atom is 0.0973 e. The SMILES string of the molecule is c1ccc(-c2nc3c(ccc4ccccc43)nc2-c2cc3sc4cccc5c6ccccc6c(c2)c3c45)cc1. The summed E-state index contributed by atoms with van der Waals surface area (Å²) < 4.78 is 2.62. The summed E-state index contributed by atoms with van der Waals surface area (Å²) in [7, 11) is 0. The molecule has 9 aromatic rings. The minimum absolute atomic E-state index is 0.913. The fourth-order valence-corrected chi connectivity index (χ4v) is 7.46. The molecule has 2 aromatic heterocycles. The van der Waals surface area contributed by atoms with Crippen LogP contribution in [-0.4, -0.2) is 9.97 Å². The van der Waals surface area contributed by atoms with E-state index in [1.54, 1.807) is 0 Å². The summed E-state index contributed by atoms with van der Waals surface area (Å²) >= 11 is 1.87. The van der Waals surface area contributed by atoms with E-state index in [-0.39, 0.29) is 0 Å². The maximum atomic E-state index is 5.33. The van der Waals surface area contributed by atoms with Crippen molar-refractivity contribution in [3.8, 4) is 22.5 Å². The van der Waals surface area contributed by atoms with Gasteiger partial charge >= 0.3 is 0 Å². The molecule has 2 heterocycles. The van der Waals surface area contributed by atoms with Crippen molar-refractivity contribution >= 4 is 74.9 Å². The Balaban J connectivity index is 1.44. The van der Waals surface area contributed by atoms with E-state index < -0.39 is 0 Å². The zero-order valence-corrected chi connectivity index (χ0v) is 21.7. The first kappa shape index (κ1) is 21.1. The molecule has 7 aromatic carbocycles. The van der Waals surface area contributed by atoms with Crippen molar-refractivity contribution in [1.82, 2.24) is 9.97 Å². The lowest BCUT2D eigenvalue weighted by molar-refractivity contribution is 1.30. The van der Waals surface area contributed by atoms with E-state index in [1.165, 1.54) is 47.1 Å². The highest BCUT2D eigenvalue weighted by Gasteiger charge is 2.20. The second-order valence-corrected chi connectivity index (χ2v) is 11.2. The highest BCUT2D eigenvalue weighted by atomic mass is 32.1. The summed E-state index contributed by atoms with van der Waals surface area (Å²) in [5.74, 6) is 0. The Morgan fingerprint density at radius 2 is 1.13 bits per heavy atom. The van der Waals surface area contributed by atoms with Crippen LogP contribution in [-0.2, 0) is 0 Å². The predicted octanol–water partition coefficient (Wildman–Crippen LogP) is 10.2. The number of hydrogen-bond acceptors (Lipinski definition) is 3. The van der Waals surface area contributed by atoms with Gasteiger partial charge < -0.3 is 0 Å². The molecule has 3 heteroatoms. The minimum atomic E-state index is 0.913. The fraction of sp³-hybridized carbons (Fsp3) is 0. The molecular formula is C36H20N2S. The quantitative estimate of drug-likeness (QED) is 0.215. The first-order valence-corrected chi connectivity index (χ1v) is 14.0. The van der Waals surface area contributed by atoms with Crippen molar-refractivity contribution < 1.29 is 0 Å². The van der Waals surface area contributed by atoms with Crippen LogP contribution in [0.5, 0.6) is 0 Å².